The molecule has 19 heavy (non-hydrogen) atoms. The van der Waals surface area contributed by atoms with Crippen LogP contribution in [0.5, 0.6) is 0 Å². The van der Waals surface area contributed by atoms with Gasteiger partial charge in [0.2, 0.25) is 0 Å². The maximum absolute atomic E-state index is 5.70. The van der Waals surface area contributed by atoms with Crippen LogP contribution in [0.3, 0.4) is 0 Å². The van der Waals surface area contributed by atoms with E-state index in [4.69, 9.17) is 4.74 Å². The zero-order valence-corrected chi connectivity index (χ0v) is 13.9. The molecule has 0 saturated carbocycles. The van der Waals surface area contributed by atoms with E-state index in [0.29, 0.717) is 11.8 Å². The number of hydrogen-bond acceptors (Lipinski definition) is 2. The van der Waals surface area contributed by atoms with Crippen molar-refractivity contribution in [3.63, 3.8) is 0 Å². The van der Waals surface area contributed by atoms with Crippen molar-refractivity contribution in [3.8, 4) is 0 Å². The first-order valence-corrected chi connectivity index (χ1v) is 7.88. The molecule has 0 aliphatic heterocycles. The van der Waals surface area contributed by atoms with Gasteiger partial charge in [0.15, 0.2) is 0 Å². The molecular weight excluding hydrogens is 302 g/mol. The van der Waals surface area contributed by atoms with Crippen LogP contribution in [0, 0.1) is 11.8 Å². The Morgan fingerprint density at radius 1 is 1.32 bits per heavy atom. The average Bonchev–Trinajstić information content (AvgIpc) is 2.34. The van der Waals surface area contributed by atoms with Gasteiger partial charge in [0.1, 0.15) is 0 Å². The lowest BCUT2D eigenvalue weighted by Crippen LogP contribution is -2.22. The molecule has 3 heteroatoms. The Hall–Kier alpha value is -0.380. The molecule has 1 N–H and O–H groups in total. The lowest BCUT2D eigenvalue weighted by molar-refractivity contribution is 0.0978. The Bertz CT molecular complexity index is 354. The Balaban J connectivity index is 2.39. The van der Waals surface area contributed by atoms with Crippen molar-refractivity contribution in [1.82, 2.24) is 5.32 Å². The lowest BCUT2D eigenvalue weighted by atomic mass is 9.96. The second-order valence-electron chi connectivity index (χ2n) is 5.52. The van der Waals surface area contributed by atoms with Gasteiger partial charge >= 0.3 is 0 Å². The number of ether oxygens (including phenoxy) is 1. The number of hydrogen-bond donors (Lipinski definition) is 1. The zero-order chi connectivity index (χ0) is 14.1. The van der Waals surface area contributed by atoms with E-state index in [1.54, 1.807) is 0 Å². The van der Waals surface area contributed by atoms with Crippen molar-refractivity contribution in [2.45, 2.75) is 26.7 Å². The first kappa shape index (κ1) is 16.7. The third kappa shape index (κ3) is 7.71. The Kier molecular flexibility index (Phi) is 8.35. The quantitative estimate of drug-likeness (QED) is 0.695. The van der Waals surface area contributed by atoms with Crippen LogP contribution >= 0.6 is 15.9 Å². The predicted octanol–water partition coefficient (Wildman–Crippen LogP) is 3.89. The average molecular weight is 328 g/mol. The molecule has 2 nitrogen and oxygen atoms in total. The van der Waals surface area contributed by atoms with Gasteiger partial charge in [-0.3, -0.25) is 0 Å². The summed E-state index contributed by atoms with van der Waals surface area (Å²) in [6, 6.07) is 8.58. The minimum Gasteiger partial charge on any atom is -0.381 e. The molecule has 1 aromatic rings. The van der Waals surface area contributed by atoms with E-state index in [2.05, 4.69) is 59.4 Å². The fraction of sp³-hybridized carbons (Fsp3) is 0.625. The highest BCUT2D eigenvalue weighted by atomic mass is 79.9. The van der Waals surface area contributed by atoms with E-state index in [-0.39, 0.29) is 0 Å². The van der Waals surface area contributed by atoms with E-state index < -0.39 is 0 Å². The minimum absolute atomic E-state index is 0.618. The molecule has 1 aromatic carbocycles. The van der Waals surface area contributed by atoms with E-state index in [9.17, 15) is 0 Å². The fourth-order valence-corrected chi connectivity index (χ4v) is 2.58. The van der Waals surface area contributed by atoms with E-state index >= 15 is 0 Å². The van der Waals surface area contributed by atoms with Crippen molar-refractivity contribution >= 4 is 15.9 Å². The van der Waals surface area contributed by atoms with Gasteiger partial charge in [-0.05, 0) is 56.0 Å². The van der Waals surface area contributed by atoms with Crippen molar-refractivity contribution in [1.29, 1.82) is 0 Å². The van der Waals surface area contributed by atoms with Crippen molar-refractivity contribution in [2.24, 2.45) is 11.8 Å². The maximum Gasteiger partial charge on any atom is 0.0488 e. The van der Waals surface area contributed by atoms with Crippen LogP contribution in [0.15, 0.2) is 28.7 Å². The van der Waals surface area contributed by atoms with E-state index in [0.717, 1.165) is 37.1 Å². The molecule has 0 heterocycles. The molecule has 0 aliphatic rings. The molecule has 0 saturated heterocycles. The van der Waals surface area contributed by atoms with Gasteiger partial charge in [0.25, 0.3) is 0 Å². The van der Waals surface area contributed by atoms with Crippen LogP contribution < -0.4 is 5.32 Å². The summed E-state index contributed by atoms with van der Waals surface area (Å²) in [5.41, 5.74) is 1.39. The summed E-state index contributed by atoms with van der Waals surface area (Å²) in [6.07, 6.45) is 2.21. The molecule has 1 atom stereocenters. The Morgan fingerprint density at radius 3 is 2.74 bits per heavy atom. The molecule has 0 amide bonds. The van der Waals surface area contributed by atoms with Crippen LogP contribution in [-0.4, -0.2) is 26.8 Å². The molecule has 1 rings (SSSR count). The number of benzene rings is 1. The highest BCUT2D eigenvalue weighted by Crippen LogP contribution is 2.17. The summed E-state index contributed by atoms with van der Waals surface area (Å²) in [6.45, 7) is 7.14. The van der Waals surface area contributed by atoms with Gasteiger partial charge in [-0.25, -0.2) is 0 Å². The molecule has 0 radical (unpaired) electrons. The monoisotopic (exact) mass is 327 g/mol. The summed E-state index contributed by atoms with van der Waals surface area (Å²) in [7, 11) is 2.02. The molecular formula is C16H26BrNO. The molecule has 1 unspecified atom stereocenters. The van der Waals surface area contributed by atoms with Gasteiger partial charge < -0.3 is 10.1 Å². The first-order valence-electron chi connectivity index (χ1n) is 7.08. The van der Waals surface area contributed by atoms with E-state index in [1.165, 1.54) is 5.56 Å². The van der Waals surface area contributed by atoms with Crippen LogP contribution in [0.4, 0.5) is 0 Å². The maximum atomic E-state index is 5.70. The molecule has 0 aliphatic carbocycles. The van der Waals surface area contributed by atoms with Crippen LogP contribution in [0.1, 0.15) is 25.8 Å². The normalized spacial score (nSPS) is 12.9. The second-order valence-corrected chi connectivity index (χ2v) is 6.43. The summed E-state index contributed by atoms with van der Waals surface area (Å²) in [5, 5.41) is 3.29. The van der Waals surface area contributed by atoms with Gasteiger partial charge in [-0.15, -0.1) is 0 Å². The van der Waals surface area contributed by atoms with Crippen molar-refractivity contribution in [3.05, 3.63) is 34.3 Å². The van der Waals surface area contributed by atoms with Crippen LogP contribution in [-0.2, 0) is 11.2 Å². The summed E-state index contributed by atoms with van der Waals surface area (Å²) in [4.78, 5) is 0. The highest BCUT2D eigenvalue weighted by molar-refractivity contribution is 9.10. The van der Waals surface area contributed by atoms with Crippen LogP contribution in [0.2, 0.25) is 0 Å². The third-order valence-electron chi connectivity index (χ3n) is 3.03. The second kappa shape index (κ2) is 9.51. The fourth-order valence-electron chi connectivity index (χ4n) is 2.13. The summed E-state index contributed by atoms with van der Waals surface area (Å²) in [5.74, 6) is 1.25. The van der Waals surface area contributed by atoms with Gasteiger partial charge in [-0.2, -0.15) is 0 Å². The Morgan fingerprint density at radius 2 is 2.11 bits per heavy atom. The lowest BCUT2D eigenvalue weighted by Gasteiger charge is -2.17. The SMILES string of the molecule is CNCC(CCOCC(C)C)Cc1cccc(Br)c1. The standard InChI is InChI=1S/C16H26BrNO/c1-13(2)12-19-8-7-15(11-18-3)9-14-5-4-6-16(17)10-14/h4-6,10,13,15,18H,7-9,11-12H2,1-3H3. The smallest absolute Gasteiger partial charge is 0.0488 e. The van der Waals surface area contributed by atoms with Crippen molar-refractivity contribution in [2.75, 3.05) is 26.8 Å². The van der Waals surface area contributed by atoms with Crippen molar-refractivity contribution < 1.29 is 4.74 Å². The van der Waals surface area contributed by atoms with Gasteiger partial charge in [-0.1, -0.05) is 41.9 Å². The zero-order valence-electron chi connectivity index (χ0n) is 12.3. The highest BCUT2D eigenvalue weighted by Gasteiger charge is 2.09. The van der Waals surface area contributed by atoms with Gasteiger partial charge in [0, 0.05) is 17.7 Å². The van der Waals surface area contributed by atoms with Crippen LogP contribution in [0.25, 0.3) is 0 Å². The Labute approximate surface area is 126 Å². The predicted molar refractivity (Wildman–Crippen MR) is 85.5 cm³/mol. The molecule has 0 fully saturated rings. The third-order valence-corrected chi connectivity index (χ3v) is 3.52. The molecule has 0 spiro atoms. The number of nitrogens with one attached hydrogen (secondary N) is 1. The topological polar surface area (TPSA) is 21.3 Å². The minimum atomic E-state index is 0.618. The summed E-state index contributed by atoms with van der Waals surface area (Å²) >= 11 is 3.53. The number of rotatable bonds is 9. The molecule has 0 aromatic heterocycles. The molecule has 0 bridgehead atoms. The van der Waals surface area contributed by atoms with E-state index in [1.807, 2.05) is 7.05 Å². The molecule has 108 valence electrons. The van der Waals surface area contributed by atoms with Gasteiger partial charge in [0.05, 0.1) is 0 Å². The summed E-state index contributed by atoms with van der Waals surface area (Å²) < 4.78 is 6.85. The first-order chi connectivity index (χ1) is 9.11. The number of halogens is 1. The largest absolute Gasteiger partial charge is 0.381 e.